The number of nitriles is 1. The molecule has 0 saturated carbocycles. The molecule has 0 amide bonds. The molecule has 0 N–H and O–H groups in total. The second-order valence-electron chi connectivity index (χ2n) is 2.01. The SMILES string of the molecule is Cn1nc(COF)cc1C#N. The maximum atomic E-state index is 11.3. The van der Waals surface area contributed by atoms with Crippen LogP contribution in [0.2, 0.25) is 0 Å². The summed E-state index contributed by atoms with van der Waals surface area (Å²) in [4.78, 5) is 3.36. The smallest absolute Gasteiger partial charge is 0.138 e. The third-order valence-corrected chi connectivity index (χ3v) is 1.25. The molecule has 0 atom stereocenters. The van der Waals surface area contributed by atoms with Gasteiger partial charge in [-0.3, -0.25) is 4.68 Å². The number of halogens is 1. The van der Waals surface area contributed by atoms with Gasteiger partial charge in [0.15, 0.2) is 0 Å². The lowest BCUT2D eigenvalue weighted by atomic mass is 10.4. The van der Waals surface area contributed by atoms with Crippen molar-refractivity contribution in [2.45, 2.75) is 6.61 Å². The summed E-state index contributed by atoms with van der Waals surface area (Å²) >= 11 is 0. The summed E-state index contributed by atoms with van der Waals surface area (Å²) in [5.41, 5.74) is 0.795. The van der Waals surface area contributed by atoms with Crippen molar-refractivity contribution in [3.05, 3.63) is 17.5 Å². The van der Waals surface area contributed by atoms with E-state index in [-0.39, 0.29) is 6.61 Å². The van der Waals surface area contributed by atoms with Gasteiger partial charge in [0.05, 0.1) is 5.69 Å². The number of hydrogen-bond acceptors (Lipinski definition) is 3. The van der Waals surface area contributed by atoms with Gasteiger partial charge in [0.2, 0.25) is 0 Å². The Labute approximate surface area is 62.7 Å². The standard InChI is InChI=1S/C6H6FN3O/c1-10-6(3-8)2-5(9-10)4-11-7/h2H,4H2,1H3. The molecular formula is C6H6FN3O. The van der Waals surface area contributed by atoms with Gasteiger partial charge in [0.1, 0.15) is 18.4 Å². The summed E-state index contributed by atoms with van der Waals surface area (Å²) in [5.74, 6) is 0. The highest BCUT2D eigenvalue weighted by atomic mass is 19.3. The van der Waals surface area contributed by atoms with Gasteiger partial charge in [0, 0.05) is 7.05 Å². The Morgan fingerprint density at radius 1 is 1.91 bits per heavy atom. The van der Waals surface area contributed by atoms with E-state index < -0.39 is 0 Å². The molecule has 0 aliphatic carbocycles. The summed E-state index contributed by atoms with van der Waals surface area (Å²) in [7, 11) is 1.61. The molecule has 0 fully saturated rings. The van der Waals surface area contributed by atoms with Crippen LogP contribution in [0.25, 0.3) is 0 Å². The monoisotopic (exact) mass is 155 g/mol. The molecule has 58 valence electrons. The lowest BCUT2D eigenvalue weighted by Gasteiger charge is -1.87. The minimum atomic E-state index is -0.213. The highest BCUT2D eigenvalue weighted by Crippen LogP contribution is 2.02. The van der Waals surface area contributed by atoms with Crippen LogP contribution >= 0.6 is 0 Å². The Hall–Kier alpha value is -1.41. The van der Waals surface area contributed by atoms with Crippen molar-refractivity contribution in [1.29, 1.82) is 5.26 Å². The largest absolute Gasteiger partial charge is 0.258 e. The van der Waals surface area contributed by atoms with Crippen molar-refractivity contribution in [3.63, 3.8) is 0 Å². The first-order valence-electron chi connectivity index (χ1n) is 2.94. The molecule has 0 radical (unpaired) electrons. The molecule has 5 heteroatoms. The molecule has 1 heterocycles. The first kappa shape index (κ1) is 7.69. The highest BCUT2D eigenvalue weighted by molar-refractivity contribution is 5.22. The topological polar surface area (TPSA) is 50.8 Å². The van der Waals surface area contributed by atoms with Gasteiger partial charge < -0.3 is 0 Å². The predicted octanol–water partition coefficient (Wildman–Crippen LogP) is 0.693. The lowest BCUT2D eigenvalue weighted by Crippen LogP contribution is -1.94. The summed E-state index contributed by atoms with van der Waals surface area (Å²) in [6, 6.07) is 3.37. The van der Waals surface area contributed by atoms with E-state index in [4.69, 9.17) is 5.26 Å². The number of aromatic nitrogens is 2. The van der Waals surface area contributed by atoms with E-state index in [0.29, 0.717) is 11.4 Å². The molecule has 0 aliphatic heterocycles. The minimum absolute atomic E-state index is 0.213. The van der Waals surface area contributed by atoms with Crippen molar-refractivity contribution >= 4 is 0 Å². The summed E-state index contributed by atoms with van der Waals surface area (Å²) in [6.45, 7) is -0.213. The van der Waals surface area contributed by atoms with Crippen LogP contribution in [0.3, 0.4) is 0 Å². The van der Waals surface area contributed by atoms with E-state index in [1.165, 1.54) is 10.7 Å². The Balaban J connectivity index is 2.89. The second kappa shape index (κ2) is 3.12. The molecule has 0 saturated heterocycles. The average molecular weight is 155 g/mol. The van der Waals surface area contributed by atoms with Gasteiger partial charge in [-0.05, 0) is 10.6 Å². The third-order valence-electron chi connectivity index (χ3n) is 1.25. The van der Waals surface area contributed by atoms with Gasteiger partial charge in [-0.15, -0.1) is 0 Å². The van der Waals surface area contributed by atoms with Crippen molar-refractivity contribution < 1.29 is 9.47 Å². The average Bonchev–Trinajstić information content (AvgIpc) is 2.32. The Morgan fingerprint density at radius 2 is 2.64 bits per heavy atom. The van der Waals surface area contributed by atoms with Crippen LogP contribution in [0.5, 0.6) is 0 Å². The van der Waals surface area contributed by atoms with Crippen molar-refractivity contribution in [2.24, 2.45) is 7.05 Å². The number of rotatable bonds is 2. The number of nitrogens with zero attached hydrogens (tertiary/aromatic N) is 3. The van der Waals surface area contributed by atoms with E-state index in [0.717, 1.165) is 0 Å². The van der Waals surface area contributed by atoms with Crippen LogP contribution < -0.4 is 0 Å². The molecule has 11 heavy (non-hydrogen) atoms. The van der Waals surface area contributed by atoms with Gasteiger partial charge in [-0.1, -0.05) is 0 Å². The summed E-state index contributed by atoms with van der Waals surface area (Å²) < 4.78 is 12.7. The van der Waals surface area contributed by atoms with Gasteiger partial charge in [-0.25, -0.2) is 0 Å². The molecule has 1 aromatic heterocycles. The number of aryl methyl sites for hydroxylation is 1. The maximum absolute atomic E-state index is 11.3. The van der Waals surface area contributed by atoms with Crippen molar-refractivity contribution in [3.8, 4) is 6.07 Å². The molecule has 0 bridgehead atoms. The predicted molar refractivity (Wildman–Crippen MR) is 33.8 cm³/mol. The number of hydrogen-bond donors (Lipinski definition) is 0. The van der Waals surface area contributed by atoms with E-state index in [9.17, 15) is 4.53 Å². The highest BCUT2D eigenvalue weighted by Gasteiger charge is 2.03. The van der Waals surface area contributed by atoms with Crippen LogP contribution in [-0.2, 0) is 18.6 Å². The van der Waals surface area contributed by atoms with Crippen LogP contribution in [0, 0.1) is 11.3 Å². The van der Waals surface area contributed by atoms with E-state index >= 15 is 0 Å². The van der Waals surface area contributed by atoms with Crippen LogP contribution in [0.1, 0.15) is 11.4 Å². The Kier molecular flexibility index (Phi) is 2.18. The van der Waals surface area contributed by atoms with Crippen molar-refractivity contribution in [1.82, 2.24) is 9.78 Å². The lowest BCUT2D eigenvalue weighted by molar-refractivity contribution is -0.145. The quantitative estimate of drug-likeness (QED) is 0.631. The van der Waals surface area contributed by atoms with Gasteiger partial charge in [0.25, 0.3) is 0 Å². The van der Waals surface area contributed by atoms with Crippen LogP contribution in [0.4, 0.5) is 4.53 Å². The zero-order valence-electron chi connectivity index (χ0n) is 5.91. The fraction of sp³-hybridized carbons (Fsp3) is 0.333. The first-order valence-corrected chi connectivity index (χ1v) is 2.94. The molecule has 0 aromatic carbocycles. The summed E-state index contributed by atoms with van der Waals surface area (Å²) in [6.07, 6.45) is 0. The minimum Gasteiger partial charge on any atom is -0.258 e. The van der Waals surface area contributed by atoms with Crippen molar-refractivity contribution in [2.75, 3.05) is 0 Å². The normalized spacial score (nSPS) is 9.55. The fourth-order valence-corrected chi connectivity index (χ4v) is 0.758. The molecule has 4 nitrogen and oxygen atoms in total. The van der Waals surface area contributed by atoms with E-state index in [1.54, 1.807) is 7.05 Å². The van der Waals surface area contributed by atoms with Gasteiger partial charge in [-0.2, -0.15) is 15.3 Å². The molecule has 0 aliphatic rings. The van der Waals surface area contributed by atoms with Crippen LogP contribution in [-0.4, -0.2) is 9.78 Å². The Bertz CT molecular complexity index is 289. The zero-order chi connectivity index (χ0) is 8.27. The Morgan fingerprint density at radius 3 is 3.09 bits per heavy atom. The second-order valence-corrected chi connectivity index (χ2v) is 2.01. The van der Waals surface area contributed by atoms with Crippen LogP contribution in [0.15, 0.2) is 6.07 Å². The first-order chi connectivity index (χ1) is 5.27. The molecular weight excluding hydrogens is 149 g/mol. The third kappa shape index (κ3) is 1.53. The zero-order valence-corrected chi connectivity index (χ0v) is 5.91. The van der Waals surface area contributed by atoms with E-state index in [2.05, 4.69) is 10.0 Å². The van der Waals surface area contributed by atoms with Gasteiger partial charge >= 0.3 is 0 Å². The van der Waals surface area contributed by atoms with E-state index in [1.807, 2.05) is 6.07 Å². The molecule has 0 spiro atoms. The summed E-state index contributed by atoms with van der Waals surface area (Å²) in [5, 5.41) is 12.3. The maximum Gasteiger partial charge on any atom is 0.138 e. The molecule has 1 aromatic rings. The fourth-order valence-electron chi connectivity index (χ4n) is 0.758. The molecule has 1 rings (SSSR count). The molecule has 0 unspecified atom stereocenters.